The fraction of sp³-hybridized carbons (Fsp3) is 0.467. The van der Waals surface area contributed by atoms with E-state index in [0.717, 1.165) is 5.56 Å². The van der Waals surface area contributed by atoms with E-state index in [4.69, 9.17) is 0 Å². The van der Waals surface area contributed by atoms with Crippen molar-refractivity contribution in [3.8, 4) is 0 Å². The van der Waals surface area contributed by atoms with E-state index in [1.54, 1.807) is 24.0 Å². The third kappa shape index (κ3) is 4.99. The molecule has 1 amide bonds. The second kappa shape index (κ2) is 7.62. The summed E-state index contributed by atoms with van der Waals surface area (Å²) in [5.74, 6) is -1.07. The lowest BCUT2D eigenvalue weighted by molar-refractivity contribution is -0.146. The molecule has 4 nitrogen and oxygen atoms in total. The topological polar surface area (TPSA) is 46.6 Å². The van der Waals surface area contributed by atoms with Crippen LogP contribution in [-0.4, -0.2) is 37.0 Å². The molecule has 0 aliphatic heterocycles. The van der Waals surface area contributed by atoms with Crippen molar-refractivity contribution >= 4 is 11.9 Å². The SMILES string of the molecule is COC(=O)C(C)CN(CCc1ccc(F)cc1)C(C)=O. The van der Waals surface area contributed by atoms with Crippen molar-refractivity contribution in [1.82, 2.24) is 4.90 Å². The largest absolute Gasteiger partial charge is 0.469 e. The minimum Gasteiger partial charge on any atom is -0.469 e. The van der Waals surface area contributed by atoms with Crippen LogP contribution in [0.5, 0.6) is 0 Å². The maximum absolute atomic E-state index is 12.8. The molecule has 1 aromatic carbocycles. The number of halogens is 1. The lowest BCUT2D eigenvalue weighted by Crippen LogP contribution is -2.37. The molecule has 0 saturated heterocycles. The van der Waals surface area contributed by atoms with Gasteiger partial charge in [0.15, 0.2) is 0 Å². The summed E-state index contributed by atoms with van der Waals surface area (Å²) in [5.41, 5.74) is 0.948. The number of esters is 1. The van der Waals surface area contributed by atoms with E-state index < -0.39 is 0 Å². The fourth-order valence-electron chi connectivity index (χ4n) is 1.90. The van der Waals surface area contributed by atoms with Gasteiger partial charge in [0, 0.05) is 20.0 Å². The predicted octanol–water partition coefficient (Wildman–Crippen LogP) is 2.03. The maximum Gasteiger partial charge on any atom is 0.310 e. The van der Waals surface area contributed by atoms with Gasteiger partial charge >= 0.3 is 5.97 Å². The van der Waals surface area contributed by atoms with Gasteiger partial charge in [0.2, 0.25) is 5.91 Å². The van der Waals surface area contributed by atoms with Crippen molar-refractivity contribution in [3.05, 3.63) is 35.6 Å². The van der Waals surface area contributed by atoms with Crippen LogP contribution in [0.4, 0.5) is 4.39 Å². The number of carbonyl (C=O) groups is 2. The third-order valence-corrected chi connectivity index (χ3v) is 3.13. The van der Waals surface area contributed by atoms with Crippen molar-refractivity contribution in [2.45, 2.75) is 20.3 Å². The van der Waals surface area contributed by atoms with Gasteiger partial charge in [0.25, 0.3) is 0 Å². The second-order valence-corrected chi connectivity index (χ2v) is 4.77. The second-order valence-electron chi connectivity index (χ2n) is 4.77. The summed E-state index contributed by atoms with van der Waals surface area (Å²) in [4.78, 5) is 24.6. The first kappa shape index (κ1) is 16.1. The van der Waals surface area contributed by atoms with Crippen LogP contribution in [0.25, 0.3) is 0 Å². The molecule has 5 heteroatoms. The molecule has 0 aromatic heterocycles. The Morgan fingerprint density at radius 2 is 1.90 bits per heavy atom. The molecule has 0 aliphatic carbocycles. The van der Waals surface area contributed by atoms with Crippen LogP contribution in [0.2, 0.25) is 0 Å². The van der Waals surface area contributed by atoms with E-state index in [1.807, 2.05) is 0 Å². The van der Waals surface area contributed by atoms with Gasteiger partial charge in [-0.25, -0.2) is 4.39 Å². The van der Waals surface area contributed by atoms with E-state index in [9.17, 15) is 14.0 Å². The Hall–Kier alpha value is -1.91. The van der Waals surface area contributed by atoms with E-state index in [-0.39, 0.29) is 23.6 Å². The first-order valence-electron chi connectivity index (χ1n) is 6.51. The molecule has 1 unspecified atom stereocenters. The predicted molar refractivity (Wildman–Crippen MR) is 73.5 cm³/mol. The molecule has 0 saturated carbocycles. The van der Waals surface area contributed by atoms with Gasteiger partial charge in [-0.15, -0.1) is 0 Å². The lowest BCUT2D eigenvalue weighted by atomic mass is 10.1. The average Bonchev–Trinajstić information content (AvgIpc) is 2.43. The standard InChI is InChI=1S/C15H20FNO3/c1-11(15(19)20-3)10-17(12(2)18)9-8-13-4-6-14(16)7-5-13/h4-7,11H,8-10H2,1-3H3. The maximum atomic E-state index is 12.8. The summed E-state index contributed by atoms with van der Waals surface area (Å²) in [7, 11) is 1.33. The molecule has 20 heavy (non-hydrogen) atoms. The van der Waals surface area contributed by atoms with Crippen LogP contribution in [0.15, 0.2) is 24.3 Å². The fourth-order valence-corrected chi connectivity index (χ4v) is 1.90. The van der Waals surface area contributed by atoms with Crippen molar-refractivity contribution in [3.63, 3.8) is 0 Å². The number of benzene rings is 1. The molecule has 0 N–H and O–H groups in total. The van der Waals surface area contributed by atoms with Crippen molar-refractivity contribution in [1.29, 1.82) is 0 Å². The van der Waals surface area contributed by atoms with Gasteiger partial charge in [0.05, 0.1) is 13.0 Å². The molecular weight excluding hydrogens is 261 g/mol. The van der Waals surface area contributed by atoms with Gasteiger partial charge in [-0.05, 0) is 24.1 Å². The summed E-state index contributed by atoms with van der Waals surface area (Å²) >= 11 is 0. The molecule has 0 fully saturated rings. The number of hydrogen-bond acceptors (Lipinski definition) is 3. The average molecular weight is 281 g/mol. The molecule has 0 heterocycles. The smallest absolute Gasteiger partial charge is 0.310 e. The summed E-state index contributed by atoms with van der Waals surface area (Å²) < 4.78 is 17.4. The Bertz CT molecular complexity index is 459. The number of amides is 1. The highest BCUT2D eigenvalue weighted by Gasteiger charge is 2.19. The van der Waals surface area contributed by atoms with Crippen LogP contribution in [0.1, 0.15) is 19.4 Å². The number of nitrogens with zero attached hydrogens (tertiary/aromatic N) is 1. The van der Waals surface area contributed by atoms with Crippen molar-refractivity contribution in [2.24, 2.45) is 5.92 Å². The zero-order valence-electron chi connectivity index (χ0n) is 12.1. The Kier molecular flexibility index (Phi) is 6.15. The first-order chi connectivity index (χ1) is 9.43. The van der Waals surface area contributed by atoms with E-state index in [0.29, 0.717) is 19.5 Å². The summed E-state index contributed by atoms with van der Waals surface area (Å²) in [5, 5.41) is 0. The summed E-state index contributed by atoms with van der Waals surface area (Å²) in [6.45, 7) is 4.00. The molecule has 0 spiro atoms. The highest BCUT2D eigenvalue weighted by atomic mass is 19.1. The lowest BCUT2D eigenvalue weighted by Gasteiger charge is -2.23. The zero-order chi connectivity index (χ0) is 15.1. The minimum absolute atomic E-state index is 0.0946. The molecule has 110 valence electrons. The molecule has 1 atom stereocenters. The van der Waals surface area contributed by atoms with Crippen molar-refractivity contribution in [2.75, 3.05) is 20.2 Å². The number of rotatable bonds is 6. The van der Waals surface area contributed by atoms with E-state index in [2.05, 4.69) is 4.74 Å². The summed E-state index contributed by atoms with van der Waals surface area (Å²) in [6, 6.07) is 6.17. The molecule has 0 radical (unpaired) electrons. The van der Waals surface area contributed by atoms with Gasteiger partial charge < -0.3 is 9.64 Å². The van der Waals surface area contributed by atoms with Crippen LogP contribution < -0.4 is 0 Å². The van der Waals surface area contributed by atoms with Crippen LogP contribution >= 0.6 is 0 Å². The molecule has 1 rings (SSSR count). The van der Waals surface area contributed by atoms with E-state index >= 15 is 0 Å². The highest BCUT2D eigenvalue weighted by molar-refractivity contribution is 5.76. The van der Waals surface area contributed by atoms with Gasteiger partial charge in [-0.1, -0.05) is 19.1 Å². The van der Waals surface area contributed by atoms with E-state index in [1.165, 1.54) is 26.2 Å². The van der Waals surface area contributed by atoms with Crippen LogP contribution in [0, 0.1) is 11.7 Å². The Labute approximate surface area is 118 Å². The van der Waals surface area contributed by atoms with Crippen LogP contribution in [-0.2, 0) is 20.7 Å². The normalized spacial score (nSPS) is 11.8. The highest BCUT2D eigenvalue weighted by Crippen LogP contribution is 2.07. The Balaban J connectivity index is 2.57. The first-order valence-corrected chi connectivity index (χ1v) is 6.51. The van der Waals surface area contributed by atoms with Gasteiger partial charge in [0.1, 0.15) is 5.82 Å². The monoisotopic (exact) mass is 281 g/mol. The Morgan fingerprint density at radius 1 is 1.30 bits per heavy atom. The molecular formula is C15H20FNO3. The molecule has 0 bridgehead atoms. The van der Waals surface area contributed by atoms with Gasteiger partial charge in [-0.3, -0.25) is 9.59 Å². The molecule has 0 aliphatic rings. The zero-order valence-corrected chi connectivity index (χ0v) is 12.1. The number of hydrogen-bond donors (Lipinski definition) is 0. The van der Waals surface area contributed by atoms with Crippen LogP contribution in [0.3, 0.4) is 0 Å². The Morgan fingerprint density at radius 3 is 2.40 bits per heavy atom. The van der Waals surface area contributed by atoms with Gasteiger partial charge in [-0.2, -0.15) is 0 Å². The number of carbonyl (C=O) groups excluding carboxylic acids is 2. The quantitative estimate of drug-likeness (QED) is 0.750. The third-order valence-electron chi connectivity index (χ3n) is 3.13. The number of ether oxygens (including phenoxy) is 1. The molecule has 1 aromatic rings. The minimum atomic E-state index is -0.364. The summed E-state index contributed by atoms with van der Waals surface area (Å²) in [6.07, 6.45) is 0.619. The van der Waals surface area contributed by atoms with Crippen molar-refractivity contribution < 1.29 is 18.7 Å². The number of methoxy groups -OCH3 is 1.